The van der Waals surface area contributed by atoms with Crippen LogP contribution in [0.5, 0.6) is 5.75 Å². The zero-order valence-electron chi connectivity index (χ0n) is 12.6. The Morgan fingerprint density at radius 1 is 1.17 bits per heavy atom. The van der Waals surface area contributed by atoms with Crippen LogP contribution in [-0.4, -0.2) is 27.4 Å². The van der Waals surface area contributed by atoms with Gasteiger partial charge in [0.05, 0.1) is 12.8 Å². The summed E-state index contributed by atoms with van der Waals surface area (Å²) in [5.74, 6) is 0.210. The van der Waals surface area contributed by atoms with E-state index in [1.807, 2.05) is 0 Å². The maximum absolute atomic E-state index is 12.8. The third-order valence-corrected chi connectivity index (χ3v) is 3.51. The molecule has 0 saturated heterocycles. The summed E-state index contributed by atoms with van der Waals surface area (Å²) in [6.45, 7) is 0. The van der Waals surface area contributed by atoms with Crippen molar-refractivity contribution in [3.05, 3.63) is 58.0 Å². The van der Waals surface area contributed by atoms with E-state index in [4.69, 9.17) is 10.5 Å². The van der Waals surface area contributed by atoms with E-state index in [2.05, 4.69) is 9.97 Å². The molecule has 0 saturated carbocycles. The number of hydrogen-bond donors (Lipinski definition) is 1. The molecular weight excluding hydrogens is 296 g/mol. The van der Waals surface area contributed by atoms with E-state index in [0.717, 1.165) is 0 Å². The van der Waals surface area contributed by atoms with Gasteiger partial charge in [0, 0.05) is 18.8 Å². The summed E-state index contributed by atoms with van der Waals surface area (Å²) in [4.78, 5) is 33.4. The van der Waals surface area contributed by atoms with Crippen molar-refractivity contribution < 1.29 is 9.53 Å². The smallest absolute Gasteiger partial charge is 0.263 e. The van der Waals surface area contributed by atoms with Crippen molar-refractivity contribution in [2.45, 2.75) is 0 Å². The molecular formula is C16H14N4O3. The Bertz CT molecular complexity index is 916. The monoisotopic (exact) mass is 310 g/mol. The van der Waals surface area contributed by atoms with Crippen LogP contribution in [0.3, 0.4) is 0 Å². The van der Waals surface area contributed by atoms with Crippen LogP contribution < -0.4 is 16.0 Å². The first-order chi connectivity index (χ1) is 11.0. The van der Waals surface area contributed by atoms with Crippen molar-refractivity contribution in [1.29, 1.82) is 0 Å². The Morgan fingerprint density at radius 2 is 1.87 bits per heavy atom. The number of carbonyl (C=O) groups excluding carboxylic acids is 1. The second-order valence-electron chi connectivity index (χ2n) is 4.98. The fourth-order valence-corrected chi connectivity index (χ4v) is 2.29. The maximum Gasteiger partial charge on any atom is 0.263 e. The summed E-state index contributed by atoms with van der Waals surface area (Å²) in [7, 11) is 3.10. The van der Waals surface area contributed by atoms with Gasteiger partial charge in [0.2, 0.25) is 11.7 Å². The summed E-state index contributed by atoms with van der Waals surface area (Å²) in [5.41, 5.74) is 6.06. The number of methoxy groups -OCH3 is 1. The molecule has 2 aliphatic rings. The lowest BCUT2D eigenvalue weighted by molar-refractivity contribution is 0.103. The summed E-state index contributed by atoms with van der Waals surface area (Å²) in [6, 6.07) is 8.11. The second-order valence-corrected chi connectivity index (χ2v) is 4.98. The van der Waals surface area contributed by atoms with Gasteiger partial charge in [-0.1, -0.05) is 0 Å². The molecule has 3 rings (SSSR count). The first-order valence-electron chi connectivity index (χ1n) is 6.83. The highest BCUT2D eigenvalue weighted by molar-refractivity contribution is 6.12. The topological polar surface area (TPSA) is 100 Å². The van der Waals surface area contributed by atoms with E-state index in [9.17, 15) is 9.59 Å². The third kappa shape index (κ3) is 2.52. The molecule has 1 aromatic carbocycles. The Hall–Kier alpha value is -3.22. The minimum absolute atomic E-state index is 0.0250. The number of imidazole rings is 1. The van der Waals surface area contributed by atoms with Gasteiger partial charge in [0.25, 0.3) is 5.56 Å². The molecule has 0 amide bonds. The predicted octanol–water partition coefficient (Wildman–Crippen LogP) is 1.10. The normalized spacial score (nSPS) is 10.7. The number of aromatic nitrogens is 3. The van der Waals surface area contributed by atoms with Crippen LogP contribution in [0.15, 0.2) is 41.3 Å². The molecule has 0 radical (unpaired) electrons. The standard InChI is InChI=1S/C16H14N4O3/c1-20-8-7-11-13(19-16(17)18-11)12(15(20)22)14(21)9-3-5-10(23-2)6-4-9/h3-8H,1-2H3,(H2,17,19). The van der Waals surface area contributed by atoms with Gasteiger partial charge >= 0.3 is 0 Å². The number of fused-ring (bicyclic) bond motifs is 1. The number of ether oxygens (including phenoxy) is 1. The van der Waals surface area contributed by atoms with E-state index in [1.54, 1.807) is 37.4 Å². The molecule has 2 N–H and O–H groups in total. The van der Waals surface area contributed by atoms with E-state index in [0.29, 0.717) is 17.0 Å². The molecule has 116 valence electrons. The summed E-state index contributed by atoms with van der Waals surface area (Å²) in [5, 5.41) is 0. The van der Waals surface area contributed by atoms with Crippen LogP contribution in [0.4, 0.5) is 5.95 Å². The van der Waals surface area contributed by atoms with Crippen LogP contribution >= 0.6 is 0 Å². The van der Waals surface area contributed by atoms with Crippen LogP contribution in [0, 0.1) is 0 Å². The van der Waals surface area contributed by atoms with E-state index in [-0.39, 0.29) is 17.2 Å². The predicted molar refractivity (Wildman–Crippen MR) is 84.7 cm³/mol. The number of ketones is 1. The average molecular weight is 310 g/mol. The third-order valence-electron chi connectivity index (χ3n) is 3.51. The van der Waals surface area contributed by atoms with E-state index < -0.39 is 11.3 Å². The Balaban J connectivity index is 2.22. The SMILES string of the molecule is COc1ccc(C(=O)c2c3nc(N)nc-3ccn(C)c2=O)cc1. The Kier molecular flexibility index (Phi) is 3.53. The highest BCUT2D eigenvalue weighted by Crippen LogP contribution is 2.23. The largest absolute Gasteiger partial charge is 0.497 e. The van der Waals surface area contributed by atoms with Gasteiger partial charge in [-0.25, -0.2) is 9.97 Å². The quantitative estimate of drug-likeness (QED) is 0.727. The zero-order chi connectivity index (χ0) is 16.6. The van der Waals surface area contributed by atoms with Crippen LogP contribution in [-0.2, 0) is 7.05 Å². The molecule has 23 heavy (non-hydrogen) atoms. The number of nitrogens with two attached hydrogens (primary N) is 1. The lowest BCUT2D eigenvalue weighted by atomic mass is 10.0. The average Bonchev–Trinajstić information content (AvgIpc) is 2.88. The minimum atomic E-state index is -0.458. The highest BCUT2D eigenvalue weighted by Gasteiger charge is 2.23. The first kappa shape index (κ1) is 14.7. The number of benzene rings is 1. The summed E-state index contributed by atoms with van der Waals surface area (Å²) >= 11 is 0. The number of hydrogen-bond acceptors (Lipinski definition) is 6. The van der Waals surface area contributed by atoms with Gasteiger partial charge in [0.1, 0.15) is 17.0 Å². The highest BCUT2D eigenvalue weighted by atomic mass is 16.5. The zero-order valence-corrected chi connectivity index (χ0v) is 12.6. The fourth-order valence-electron chi connectivity index (χ4n) is 2.29. The van der Waals surface area contributed by atoms with E-state index in [1.165, 1.54) is 17.9 Å². The molecule has 0 spiro atoms. The fraction of sp³-hybridized carbons (Fsp3) is 0.125. The van der Waals surface area contributed by atoms with Crippen molar-refractivity contribution >= 4 is 11.7 Å². The number of rotatable bonds is 3. The molecule has 0 bridgehead atoms. The molecule has 1 aromatic rings. The molecule has 0 unspecified atom stereocenters. The number of aryl methyl sites for hydroxylation is 1. The second kappa shape index (κ2) is 5.53. The van der Waals surface area contributed by atoms with Gasteiger partial charge in [-0.15, -0.1) is 0 Å². The molecule has 7 heteroatoms. The van der Waals surface area contributed by atoms with Crippen molar-refractivity contribution in [3.8, 4) is 17.1 Å². The van der Waals surface area contributed by atoms with Gasteiger partial charge in [-0.3, -0.25) is 9.59 Å². The van der Waals surface area contributed by atoms with Gasteiger partial charge in [-0.2, -0.15) is 0 Å². The lowest BCUT2D eigenvalue weighted by Gasteiger charge is -2.03. The molecule has 0 aliphatic carbocycles. The van der Waals surface area contributed by atoms with Crippen molar-refractivity contribution in [2.24, 2.45) is 7.05 Å². The van der Waals surface area contributed by atoms with Gasteiger partial charge < -0.3 is 15.0 Å². The number of anilines is 1. The molecule has 7 nitrogen and oxygen atoms in total. The number of carbonyl (C=O) groups is 1. The van der Waals surface area contributed by atoms with Crippen molar-refractivity contribution in [3.63, 3.8) is 0 Å². The number of nitrogens with zero attached hydrogens (tertiary/aromatic N) is 3. The van der Waals surface area contributed by atoms with Gasteiger partial charge in [0.15, 0.2) is 0 Å². The Morgan fingerprint density at radius 3 is 2.52 bits per heavy atom. The molecule has 2 aliphatic heterocycles. The number of nitrogen functional groups attached to an aromatic ring is 1. The van der Waals surface area contributed by atoms with Crippen molar-refractivity contribution in [2.75, 3.05) is 12.8 Å². The van der Waals surface area contributed by atoms with Crippen LogP contribution in [0.2, 0.25) is 0 Å². The Labute approximate surface area is 131 Å². The lowest BCUT2D eigenvalue weighted by Crippen LogP contribution is -2.23. The van der Waals surface area contributed by atoms with E-state index >= 15 is 0 Å². The molecule has 2 heterocycles. The molecule has 0 atom stereocenters. The maximum atomic E-state index is 12.8. The van der Waals surface area contributed by atoms with Crippen molar-refractivity contribution in [1.82, 2.24) is 14.5 Å². The minimum Gasteiger partial charge on any atom is -0.497 e. The molecule has 0 fully saturated rings. The van der Waals surface area contributed by atoms with Gasteiger partial charge in [-0.05, 0) is 30.3 Å². The summed E-state index contributed by atoms with van der Waals surface area (Å²) in [6.07, 6.45) is 1.53. The summed E-state index contributed by atoms with van der Waals surface area (Å²) < 4.78 is 6.39. The van der Waals surface area contributed by atoms with Crippen LogP contribution in [0.1, 0.15) is 15.9 Å². The first-order valence-corrected chi connectivity index (χ1v) is 6.83. The van der Waals surface area contributed by atoms with Crippen LogP contribution in [0.25, 0.3) is 11.4 Å². The molecule has 0 aromatic heterocycles.